The van der Waals surface area contributed by atoms with Gasteiger partial charge in [0.1, 0.15) is 0 Å². The fourth-order valence-electron chi connectivity index (χ4n) is 3.62. The second kappa shape index (κ2) is 11.1. The molecule has 0 spiro atoms. The molecular formula is C29H24N2O5. The summed E-state index contributed by atoms with van der Waals surface area (Å²) in [5.41, 5.74) is 2.31. The van der Waals surface area contributed by atoms with Crippen LogP contribution in [0.4, 0.5) is 0 Å². The van der Waals surface area contributed by atoms with Crippen LogP contribution < -0.4 is 14.9 Å². The standard InChI is InChI=1S/C29H24N2O5/c1-35-26-19-21(17-18-25(26)36-27(32)22-11-5-2-6-12-22)20-30-31-28(33)29(34,23-13-7-3-8-14-23)24-15-9-4-10-16-24/h2-20,34H,1H3,(H,31,33). The van der Waals surface area contributed by atoms with E-state index in [0.717, 1.165) is 0 Å². The summed E-state index contributed by atoms with van der Waals surface area (Å²) >= 11 is 0. The Morgan fingerprint density at radius 3 is 1.92 bits per heavy atom. The molecule has 4 rings (SSSR count). The minimum absolute atomic E-state index is 0.245. The van der Waals surface area contributed by atoms with Crippen LogP contribution in [0.1, 0.15) is 27.0 Å². The van der Waals surface area contributed by atoms with E-state index in [1.807, 2.05) is 6.07 Å². The van der Waals surface area contributed by atoms with Gasteiger partial charge in [0.15, 0.2) is 17.1 Å². The Balaban J connectivity index is 1.51. The van der Waals surface area contributed by atoms with Gasteiger partial charge in [-0.1, -0.05) is 78.9 Å². The Kier molecular flexibility index (Phi) is 7.53. The Morgan fingerprint density at radius 2 is 1.36 bits per heavy atom. The maximum absolute atomic E-state index is 13.1. The summed E-state index contributed by atoms with van der Waals surface area (Å²) in [5.74, 6) is -0.657. The molecule has 4 aromatic rings. The summed E-state index contributed by atoms with van der Waals surface area (Å²) in [7, 11) is 1.46. The molecule has 0 aliphatic rings. The molecule has 0 saturated carbocycles. The maximum Gasteiger partial charge on any atom is 0.343 e. The molecule has 0 atom stereocenters. The average molecular weight is 481 g/mol. The lowest BCUT2D eigenvalue weighted by atomic mass is 9.85. The van der Waals surface area contributed by atoms with Crippen LogP contribution in [0.15, 0.2) is 114 Å². The number of ether oxygens (including phenoxy) is 2. The smallest absolute Gasteiger partial charge is 0.343 e. The highest BCUT2D eigenvalue weighted by atomic mass is 16.6. The number of nitrogens with one attached hydrogen (secondary N) is 1. The quantitative estimate of drug-likeness (QED) is 0.170. The van der Waals surface area contributed by atoms with E-state index >= 15 is 0 Å². The molecular weight excluding hydrogens is 456 g/mol. The number of benzene rings is 4. The monoisotopic (exact) mass is 480 g/mol. The van der Waals surface area contributed by atoms with Gasteiger partial charge in [-0.2, -0.15) is 5.10 Å². The average Bonchev–Trinajstić information content (AvgIpc) is 2.94. The predicted octanol–water partition coefficient (Wildman–Crippen LogP) is 4.30. The number of esters is 1. The summed E-state index contributed by atoms with van der Waals surface area (Å²) in [5, 5.41) is 15.5. The number of methoxy groups -OCH3 is 1. The number of nitrogens with zero attached hydrogens (tertiary/aromatic N) is 1. The van der Waals surface area contributed by atoms with Crippen molar-refractivity contribution in [1.82, 2.24) is 5.43 Å². The molecule has 0 fully saturated rings. The number of amides is 1. The van der Waals surface area contributed by atoms with Crippen molar-refractivity contribution in [3.05, 3.63) is 131 Å². The molecule has 0 bridgehead atoms. The lowest BCUT2D eigenvalue weighted by molar-refractivity contribution is -0.136. The molecule has 0 aliphatic heterocycles. The van der Waals surface area contributed by atoms with E-state index in [4.69, 9.17) is 9.47 Å². The zero-order valence-electron chi connectivity index (χ0n) is 19.5. The van der Waals surface area contributed by atoms with Crippen LogP contribution in [-0.2, 0) is 10.4 Å². The van der Waals surface area contributed by atoms with Crippen molar-refractivity contribution in [2.24, 2.45) is 5.10 Å². The highest BCUT2D eigenvalue weighted by molar-refractivity contribution is 5.92. The molecule has 2 N–H and O–H groups in total. The van der Waals surface area contributed by atoms with Crippen LogP contribution >= 0.6 is 0 Å². The van der Waals surface area contributed by atoms with Crippen molar-refractivity contribution < 1.29 is 24.2 Å². The van der Waals surface area contributed by atoms with Crippen LogP contribution in [0.2, 0.25) is 0 Å². The summed E-state index contributed by atoms with van der Waals surface area (Å²) in [4.78, 5) is 25.5. The Morgan fingerprint density at radius 1 is 0.806 bits per heavy atom. The van der Waals surface area contributed by atoms with Crippen molar-refractivity contribution in [1.29, 1.82) is 0 Å². The van der Waals surface area contributed by atoms with Crippen LogP contribution in [-0.4, -0.2) is 30.3 Å². The number of carbonyl (C=O) groups is 2. The molecule has 7 nitrogen and oxygen atoms in total. The summed E-state index contributed by atoms with van der Waals surface area (Å²) in [6.07, 6.45) is 1.40. The van der Waals surface area contributed by atoms with Crippen molar-refractivity contribution in [3.8, 4) is 11.5 Å². The van der Waals surface area contributed by atoms with Gasteiger partial charge in [-0.15, -0.1) is 0 Å². The SMILES string of the molecule is COc1cc(C=NNC(=O)C(O)(c2ccccc2)c2ccccc2)ccc1OC(=O)c1ccccc1. The zero-order valence-corrected chi connectivity index (χ0v) is 19.5. The number of carbonyl (C=O) groups excluding carboxylic acids is 2. The van der Waals surface area contributed by atoms with Gasteiger partial charge in [0.2, 0.25) is 0 Å². The van der Waals surface area contributed by atoms with Crippen LogP contribution in [0.25, 0.3) is 0 Å². The number of aliphatic hydroxyl groups is 1. The minimum Gasteiger partial charge on any atom is -0.493 e. The highest BCUT2D eigenvalue weighted by Gasteiger charge is 2.39. The maximum atomic E-state index is 13.1. The van der Waals surface area contributed by atoms with Gasteiger partial charge in [0.25, 0.3) is 5.91 Å². The van der Waals surface area contributed by atoms with E-state index in [1.54, 1.807) is 103 Å². The molecule has 36 heavy (non-hydrogen) atoms. The Labute approximate surface area is 208 Å². The number of rotatable bonds is 8. The van der Waals surface area contributed by atoms with Gasteiger partial charge >= 0.3 is 5.97 Å². The molecule has 0 radical (unpaired) electrons. The van der Waals surface area contributed by atoms with E-state index in [2.05, 4.69) is 10.5 Å². The van der Waals surface area contributed by atoms with Crippen molar-refractivity contribution >= 4 is 18.1 Å². The first-order valence-electron chi connectivity index (χ1n) is 11.1. The van der Waals surface area contributed by atoms with Gasteiger partial charge in [-0.05, 0) is 47.0 Å². The molecule has 180 valence electrons. The number of hydrazone groups is 1. The topological polar surface area (TPSA) is 97.2 Å². The molecule has 4 aromatic carbocycles. The Bertz CT molecular complexity index is 1320. The highest BCUT2D eigenvalue weighted by Crippen LogP contribution is 2.30. The lowest BCUT2D eigenvalue weighted by Crippen LogP contribution is -2.43. The van der Waals surface area contributed by atoms with E-state index in [1.165, 1.54) is 13.3 Å². The van der Waals surface area contributed by atoms with Crippen molar-refractivity contribution in [2.45, 2.75) is 5.60 Å². The molecule has 7 heteroatoms. The largest absolute Gasteiger partial charge is 0.493 e. The third-order valence-corrected chi connectivity index (χ3v) is 5.49. The first-order valence-corrected chi connectivity index (χ1v) is 11.1. The van der Waals surface area contributed by atoms with Crippen molar-refractivity contribution in [3.63, 3.8) is 0 Å². The third-order valence-electron chi connectivity index (χ3n) is 5.49. The van der Waals surface area contributed by atoms with Gasteiger partial charge in [-0.3, -0.25) is 4.79 Å². The fourth-order valence-corrected chi connectivity index (χ4v) is 3.62. The van der Waals surface area contributed by atoms with E-state index in [9.17, 15) is 14.7 Å². The molecule has 0 aliphatic carbocycles. The van der Waals surface area contributed by atoms with Gasteiger partial charge in [0.05, 0.1) is 18.9 Å². The van der Waals surface area contributed by atoms with E-state index in [-0.39, 0.29) is 5.75 Å². The van der Waals surface area contributed by atoms with Crippen LogP contribution in [0, 0.1) is 0 Å². The Hall–Kier alpha value is -4.75. The lowest BCUT2D eigenvalue weighted by Gasteiger charge is -2.27. The second-order valence-corrected chi connectivity index (χ2v) is 7.81. The molecule has 0 aromatic heterocycles. The fraction of sp³-hybridized carbons (Fsp3) is 0.0690. The summed E-state index contributed by atoms with van der Waals surface area (Å²) < 4.78 is 10.8. The molecule has 0 saturated heterocycles. The van der Waals surface area contributed by atoms with Gasteiger partial charge in [-0.25, -0.2) is 10.2 Å². The van der Waals surface area contributed by atoms with Gasteiger partial charge < -0.3 is 14.6 Å². The van der Waals surface area contributed by atoms with E-state index < -0.39 is 17.5 Å². The molecule has 0 heterocycles. The first-order chi connectivity index (χ1) is 17.5. The normalized spacial score (nSPS) is 11.2. The minimum atomic E-state index is -1.94. The van der Waals surface area contributed by atoms with Crippen LogP contribution in [0.3, 0.4) is 0 Å². The van der Waals surface area contributed by atoms with Gasteiger partial charge in [0, 0.05) is 0 Å². The predicted molar refractivity (Wildman–Crippen MR) is 136 cm³/mol. The zero-order chi connectivity index (χ0) is 25.4. The third kappa shape index (κ3) is 5.32. The summed E-state index contributed by atoms with van der Waals surface area (Å²) in [6, 6.07) is 30.8. The second-order valence-electron chi connectivity index (χ2n) is 7.81. The van der Waals surface area contributed by atoms with E-state index in [0.29, 0.717) is 28.0 Å². The van der Waals surface area contributed by atoms with Crippen molar-refractivity contribution in [2.75, 3.05) is 7.11 Å². The van der Waals surface area contributed by atoms with Crippen LogP contribution in [0.5, 0.6) is 11.5 Å². The molecule has 1 amide bonds. The summed E-state index contributed by atoms with van der Waals surface area (Å²) in [6.45, 7) is 0. The first kappa shape index (κ1) is 24.4. The number of hydrogen-bond acceptors (Lipinski definition) is 6. The number of hydrogen-bond donors (Lipinski definition) is 2. The molecule has 0 unspecified atom stereocenters.